The first-order valence-corrected chi connectivity index (χ1v) is 14.9. The van der Waals surface area contributed by atoms with Gasteiger partial charge in [-0.2, -0.15) is 0 Å². The number of aromatic nitrogens is 1. The fourth-order valence-electron chi connectivity index (χ4n) is 4.56. The van der Waals surface area contributed by atoms with Gasteiger partial charge < -0.3 is 0 Å². The summed E-state index contributed by atoms with van der Waals surface area (Å²) in [6.45, 7) is 4.92. The first-order chi connectivity index (χ1) is 15.6. The summed E-state index contributed by atoms with van der Waals surface area (Å²) >= 11 is 6.53. The molecule has 1 unspecified atom stereocenters. The Morgan fingerprint density at radius 1 is 0.781 bits per heavy atom. The second kappa shape index (κ2) is 9.37. The van der Waals surface area contributed by atoms with E-state index in [0.29, 0.717) is 12.5 Å². The number of thiophene rings is 4. The molecule has 0 aromatic carbocycles. The Balaban J connectivity index is 1.60. The molecule has 5 rings (SSSR count). The van der Waals surface area contributed by atoms with Crippen molar-refractivity contribution >= 4 is 84.3 Å². The highest BCUT2D eigenvalue weighted by atomic mass is 32.1. The molecular formula is C25H27NO2S4. The predicted molar refractivity (Wildman–Crippen MR) is 146 cm³/mol. The third kappa shape index (κ3) is 3.87. The Labute approximate surface area is 202 Å². The number of hydrogen-bond donors (Lipinski definition) is 0. The lowest BCUT2D eigenvalue weighted by Crippen LogP contribution is -2.32. The van der Waals surface area contributed by atoms with Crippen molar-refractivity contribution < 1.29 is 0 Å². The average molecular weight is 502 g/mol. The molecule has 0 amide bonds. The molecule has 32 heavy (non-hydrogen) atoms. The van der Waals surface area contributed by atoms with Crippen molar-refractivity contribution in [2.24, 2.45) is 5.92 Å². The summed E-state index contributed by atoms with van der Waals surface area (Å²) in [7, 11) is 0. The largest absolute Gasteiger partial charge is 0.274 e. The zero-order valence-electron chi connectivity index (χ0n) is 18.4. The first-order valence-electron chi connectivity index (χ1n) is 11.5. The van der Waals surface area contributed by atoms with Crippen LogP contribution >= 0.6 is 45.3 Å². The SMILES string of the molecule is CCCCCCCCC(C)Cn1c(=O)c2c3sccc3sc2c2sc3ccsc3c2c1=O. The molecule has 0 spiro atoms. The van der Waals surface area contributed by atoms with Crippen LogP contribution in [0.4, 0.5) is 0 Å². The fourth-order valence-corrected chi connectivity index (χ4v) is 9.39. The minimum atomic E-state index is -0.110. The van der Waals surface area contributed by atoms with Crippen molar-refractivity contribution in [1.29, 1.82) is 0 Å². The third-order valence-corrected chi connectivity index (χ3v) is 10.9. The van der Waals surface area contributed by atoms with Crippen LogP contribution in [0, 0.1) is 5.92 Å². The second-order valence-corrected chi connectivity index (χ2v) is 12.7. The van der Waals surface area contributed by atoms with Crippen LogP contribution in [0.2, 0.25) is 0 Å². The van der Waals surface area contributed by atoms with Crippen LogP contribution in [0.5, 0.6) is 0 Å². The molecule has 0 bridgehead atoms. The molecule has 168 valence electrons. The van der Waals surface area contributed by atoms with E-state index in [0.717, 1.165) is 45.4 Å². The number of unbranched alkanes of at least 4 members (excludes halogenated alkanes) is 5. The van der Waals surface area contributed by atoms with Crippen LogP contribution in [-0.2, 0) is 6.54 Å². The van der Waals surface area contributed by atoms with Crippen LogP contribution in [0.3, 0.4) is 0 Å². The second-order valence-electron chi connectivity index (χ2n) is 8.72. The molecule has 1 atom stereocenters. The van der Waals surface area contributed by atoms with Gasteiger partial charge in [-0.05, 0) is 35.2 Å². The highest BCUT2D eigenvalue weighted by Crippen LogP contribution is 2.43. The normalized spacial score (nSPS) is 13.2. The fraction of sp³-hybridized carbons (Fsp3) is 0.440. The van der Waals surface area contributed by atoms with Gasteiger partial charge in [0.15, 0.2) is 0 Å². The van der Waals surface area contributed by atoms with Crippen molar-refractivity contribution in [3.05, 3.63) is 43.6 Å². The molecule has 0 saturated heterocycles. The minimum absolute atomic E-state index is 0.110. The van der Waals surface area contributed by atoms with Crippen LogP contribution in [0.1, 0.15) is 58.8 Å². The minimum Gasteiger partial charge on any atom is -0.274 e. The average Bonchev–Trinajstić information content (AvgIpc) is 3.52. The molecule has 5 heterocycles. The lowest BCUT2D eigenvalue weighted by molar-refractivity contribution is 0.416. The van der Waals surface area contributed by atoms with E-state index in [9.17, 15) is 9.59 Å². The molecule has 0 aliphatic rings. The Morgan fingerprint density at radius 3 is 1.88 bits per heavy atom. The maximum atomic E-state index is 13.8. The zero-order valence-corrected chi connectivity index (χ0v) is 21.7. The monoisotopic (exact) mass is 501 g/mol. The van der Waals surface area contributed by atoms with E-state index in [1.165, 1.54) is 38.5 Å². The molecule has 0 aliphatic carbocycles. The van der Waals surface area contributed by atoms with E-state index in [1.54, 1.807) is 49.9 Å². The third-order valence-electron chi connectivity index (χ3n) is 6.26. The van der Waals surface area contributed by atoms with Crippen LogP contribution in [-0.4, -0.2) is 4.57 Å². The summed E-state index contributed by atoms with van der Waals surface area (Å²) in [5, 5.41) is 5.57. The van der Waals surface area contributed by atoms with Crippen molar-refractivity contribution in [2.45, 2.75) is 65.3 Å². The molecule has 0 aliphatic heterocycles. The molecular weight excluding hydrogens is 475 g/mol. The van der Waals surface area contributed by atoms with Crippen molar-refractivity contribution in [1.82, 2.24) is 4.57 Å². The maximum Gasteiger partial charge on any atom is 0.263 e. The summed E-state index contributed by atoms with van der Waals surface area (Å²) in [5.74, 6) is 0.300. The van der Waals surface area contributed by atoms with E-state index >= 15 is 0 Å². The molecule has 0 fully saturated rings. The van der Waals surface area contributed by atoms with Gasteiger partial charge in [0.1, 0.15) is 0 Å². The Morgan fingerprint density at radius 2 is 1.31 bits per heavy atom. The van der Waals surface area contributed by atoms with Crippen LogP contribution in [0.15, 0.2) is 32.5 Å². The molecule has 0 radical (unpaired) electrons. The van der Waals surface area contributed by atoms with E-state index in [-0.39, 0.29) is 11.1 Å². The van der Waals surface area contributed by atoms with Gasteiger partial charge in [0.05, 0.1) is 29.6 Å². The highest BCUT2D eigenvalue weighted by molar-refractivity contribution is 7.38. The van der Waals surface area contributed by atoms with Gasteiger partial charge in [-0.25, -0.2) is 0 Å². The standard InChI is InChI=1S/C25H27NO2S4/c1-3-4-5-6-7-8-9-15(2)14-26-24(27)18-20-16(10-12-29-20)31-22(18)23-19(25(26)28)21-17(32-23)11-13-30-21/h10-13,15H,3-9,14H2,1-2H3. The lowest BCUT2D eigenvalue weighted by Gasteiger charge is -2.12. The summed E-state index contributed by atoms with van der Waals surface area (Å²) < 4.78 is 7.88. The number of hydrogen-bond acceptors (Lipinski definition) is 6. The van der Waals surface area contributed by atoms with E-state index in [2.05, 4.69) is 26.0 Å². The molecule has 5 aromatic heterocycles. The molecule has 3 nitrogen and oxygen atoms in total. The lowest BCUT2D eigenvalue weighted by atomic mass is 10.0. The smallest absolute Gasteiger partial charge is 0.263 e. The van der Waals surface area contributed by atoms with Gasteiger partial charge in [0, 0.05) is 15.9 Å². The van der Waals surface area contributed by atoms with Gasteiger partial charge in [-0.1, -0.05) is 52.4 Å². The Hall–Kier alpha value is -1.54. The summed E-state index contributed by atoms with van der Waals surface area (Å²) in [4.78, 5) is 27.5. The summed E-state index contributed by atoms with van der Waals surface area (Å²) in [6, 6.07) is 4.19. The van der Waals surface area contributed by atoms with Crippen molar-refractivity contribution in [3.63, 3.8) is 0 Å². The van der Waals surface area contributed by atoms with Crippen molar-refractivity contribution in [3.8, 4) is 0 Å². The highest BCUT2D eigenvalue weighted by Gasteiger charge is 2.21. The van der Waals surface area contributed by atoms with Crippen molar-refractivity contribution in [2.75, 3.05) is 0 Å². The number of nitrogens with zero attached hydrogens (tertiary/aromatic N) is 1. The van der Waals surface area contributed by atoms with Crippen LogP contribution < -0.4 is 11.1 Å². The maximum absolute atomic E-state index is 13.8. The Kier molecular flexibility index (Phi) is 6.52. The summed E-state index contributed by atoms with van der Waals surface area (Å²) in [6.07, 6.45) is 8.63. The van der Waals surface area contributed by atoms with E-state index in [1.807, 2.05) is 10.8 Å². The van der Waals surface area contributed by atoms with Gasteiger partial charge in [0.25, 0.3) is 11.1 Å². The van der Waals surface area contributed by atoms with E-state index < -0.39 is 0 Å². The molecule has 5 aromatic rings. The topological polar surface area (TPSA) is 39.1 Å². The van der Waals surface area contributed by atoms with Gasteiger partial charge in [-0.3, -0.25) is 14.2 Å². The Bertz CT molecular complexity index is 1410. The molecule has 7 heteroatoms. The van der Waals surface area contributed by atoms with Crippen LogP contribution in [0.25, 0.3) is 39.0 Å². The van der Waals surface area contributed by atoms with Gasteiger partial charge in [-0.15, -0.1) is 45.3 Å². The summed E-state index contributed by atoms with van der Waals surface area (Å²) in [5.41, 5.74) is -0.219. The molecule has 0 N–H and O–H groups in total. The number of fused-ring (bicyclic) bond motifs is 7. The van der Waals surface area contributed by atoms with E-state index in [4.69, 9.17) is 0 Å². The van der Waals surface area contributed by atoms with Gasteiger partial charge in [0.2, 0.25) is 0 Å². The quantitative estimate of drug-likeness (QED) is 0.190. The molecule has 0 saturated carbocycles. The predicted octanol–water partition coefficient (Wildman–Crippen LogP) is 8.45. The van der Waals surface area contributed by atoms with Gasteiger partial charge >= 0.3 is 0 Å². The zero-order chi connectivity index (χ0) is 22.2. The number of rotatable bonds is 9. The first kappa shape index (κ1) is 22.3.